The lowest BCUT2D eigenvalue weighted by molar-refractivity contribution is -0.146. The molecule has 1 saturated heterocycles. The van der Waals surface area contributed by atoms with Crippen molar-refractivity contribution in [2.45, 2.75) is 64.2 Å². The average Bonchev–Trinajstić information content (AvgIpc) is 3.25. The maximum absolute atomic E-state index is 13.2. The van der Waals surface area contributed by atoms with Crippen LogP contribution in [0.3, 0.4) is 0 Å². The Morgan fingerprint density at radius 3 is 2.72 bits per heavy atom. The van der Waals surface area contributed by atoms with E-state index >= 15 is 0 Å². The third-order valence-corrected chi connectivity index (χ3v) is 7.04. The predicted molar refractivity (Wildman–Crippen MR) is 114 cm³/mol. The van der Waals surface area contributed by atoms with Crippen molar-refractivity contribution < 1.29 is 14.3 Å². The summed E-state index contributed by atoms with van der Waals surface area (Å²) in [7, 11) is 1.35. The van der Waals surface area contributed by atoms with E-state index in [0.29, 0.717) is 6.42 Å². The van der Waals surface area contributed by atoms with E-state index in [-0.39, 0.29) is 28.8 Å². The molecular weight excluding hydrogens is 366 g/mol. The van der Waals surface area contributed by atoms with Gasteiger partial charge in [-0.2, -0.15) is 0 Å². The smallest absolute Gasteiger partial charge is 0.328 e. The van der Waals surface area contributed by atoms with Gasteiger partial charge in [-0.3, -0.25) is 10.1 Å². The zero-order valence-electron chi connectivity index (χ0n) is 18.0. The van der Waals surface area contributed by atoms with Crippen molar-refractivity contribution in [3.8, 4) is 0 Å². The number of para-hydroxylation sites is 1. The van der Waals surface area contributed by atoms with Crippen molar-refractivity contribution in [2.24, 2.45) is 11.3 Å². The van der Waals surface area contributed by atoms with Gasteiger partial charge in [0.1, 0.15) is 6.04 Å². The number of carbonyl (C=O) groups excluding carboxylic acids is 2. The molecule has 0 bridgehead atoms. The van der Waals surface area contributed by atoms with Crippen molar-refractivity contribution in [3.63, 3.8) is 0 Å². The van der Waals surface area contributed by atoms with Crippen LogP contribution in [0.5, 0.6) is 0 Å². The number of carbonyl (C=O) groups is 2. The summed E-state index contributed by atoms with van der Waals surface area (Å²) < 4.78 is 4.91. The van der Waals surface area contributed by atoms with Crippen LogP contribution in [0.2, 0.25) is 0 Å². The number of nitrogens with one attached hydrogen (secondary N) is 3. The molecule has 29 heavy (non-hydrogen) atoms. The molecule has 0 unspecified atom stereocenters. The van der Waals surface area contributed by atoms with E-state index in [1.165, 1.54) is 12.7 Å². The molecule has 6 heteroatoms. The predicted octanol–water partition coefficient (Wildman–Crippen LogP) is 2.95. The molecule has 5 atom stereocenters. The zero-order chi connectivity index (χ0) is 21.4. The van der Waals surface area contributed by atoms with Gasteiger partial charge in [-0.1, -0.05) is 58.4 Å². The maximum Gasteiger partial charge on any atom is 0.328 e. The highest BCUT2D eigenvalue weighted by atomic mass is 16.5. The number of benzene rings is 1. The Morgan fingerprint density at radius 1 is 1.41 bits per heavy atom. The molecule has 6 nitrogen and oxygen atoms in total. The molecule has 2 heterocycles. The van der Waals surface area contributed by atoms with Gasteiger partial charge in [-0.05, 0) is 29.4 Å². The number of anilines is 1. The Kier molecular flexibility index (Phi) is 5.77. The molecule has 0 spiro atoms. The first kappa shape index (κ1) is 21.4. The fraction of sp³-hybridized carbons (Fsp3) is 0.565. The van der Waals surface area contributed by atoms with E-state index in [1.807, 2.05) is 32.1 Å². The zero-order valence-corrected chi connectivity index (χ0v) is 18.0. The molecule has 0 saturated carbocycles. The van der Waals surface area contributed by atoms with Crippen LogP contribution >= 0.6 is 0 Å². The highest BCUT2D eigenvalue weighted by molar-refractivity contribution is 5.88. The summed E-state index contributed by atoms with van der Waals surface area (Å²) in [5.41, 5.74) is 1.72. The van der Waals surface area contributed by atoms with Crippen LogP contribution in [0.1, 0.15) is 46.1 Å². The third kappa shape index (κ3) is 3.33. The second kappa shape index (κ2) is 7.82. The summed E-state index contributed by atoms with van der Waals surface area (Å²) >= 11 is 0. The Labute approximate surface area is 173 Å². The molecule has 0 aliphatic carbocycles. The number of allylic oxidation sites excluding steroid dienone is 1. The number of amides is 1. The number of esters is 1. The molecule has 3 N–H and O–H groups in total. The molecule has 158 valence electrons. The van der Waals surface area contributed by atoms with Gasteiger partial charge in [-0.25, -0.2) is 4.79 Å². The monoisotopic (exact) mass is 399 g/mol. The number of ether oxygens (including phenoxy) is 1. The Balaban J connectivity index is 1.89. The van der Waals surface area contributed by atoms with Gasteiger partial charge in [0.2, 0.25) is 5.91 Å². The standard InChI is InChI=1S/C23H33N3O3/c1-7-14(3)18(20(28)29-6)26-19(27)17-13-23(22(4,5)8-2)15-11-9-10-12-16(15)24-21(23)25-17/h8-12,14,17-18,21,24-25H,2,7,13H2,1,3-6H3,(H,26,27)/t14-,17-,18+,21-,23+/m0/s1. The third-order valence-electron chi connectivity index (χ3n) is 7.04. The number of rotatable bonds is 7. The van der Waals surface area contributed by atoms with Crippen LogP contribution < -0.4 is 16.0 Å². The molecule has 3 rings (SSSR count). The van der Waals surface area contributed by atoms with Crippen LogP contribution in [0, 0.1) is 11.3 Å². The first-order valence-corrected chi connectivity index (χ1v) is 10.4. The quantitative estimate of drug-likeness (QED) is 0.485. The molecule has 2 aliphatic rings. The van der Waals surface area contributed by atoms with Gasteiger partial charge in [-0.15, -0.1) is 6.58 Å². The van der Waals surface area contributed by atoms with Crippen LogP contribution in [-0.4, -0.2) is 37.2 Å². The highest BCUT2D eigenvalue weighted by Gasteiger charge is 2.61. The van der Waals surface area contributed by atoms with Crippen molar-refractivity contribution in [2.75, 3.05) is 12.4 Å². The SMILES string of the molecule is C=CC(C)(C)[C@@]12C[C@@H](C(=O)N[C@@H](C(=O)OC)[C@@H](C)CC)N[C@@H]1Nc1ccccc12. The first-order valence-electron chi connectivity index (χ1n) is 10.4. The van der Waals surface area contributed by atoms with Crippen LogP contribution in [0.25, 0.3) is 0 Å². The second-order valence-electron chi connectivity index (χ2n) is 8.84. The number of hydrogen-bond acceptors (Lipinski definition) is 5. The maximum atomic E-state index is 13.2. The highest BCUT2D eigenvalue weighted by Crippen LogP contribution is 2.57. The largest absolute Gasteiger partial charge is 0.467 e. The fourth-order valence-corrected chi connectivity index (χ4v) is 4.81. The van der Waals surface area contributed by atoms with Gasteiger partial charge < -0.3 is 15.4 Å². The molecular formula is C23H33N3O3. The molecule has 1 fully saturated rings. The minimum Gasteiger partial charge on any atom is -0.467 e. The summed E-state index contributed by atoms with van der Waals surface area (Å²) in [4.78, 5) is 25.4. The molecule has 0 aromatic heterocycles. The van der Waals surface area contributed by atoms with Crippen molar-refractivity contribution in [1.82, 2.24) is 10.6 Å². The molecule has 1 aromatic carbocycles. The van der Waals surface area contributed by atoms with Crippen LogP contribution in [0.15, 0.2) is 36.9 Å². The summed E-state index contributed by atoms with van der Waals surface area (Å²) in [6, 6.07) is 7.18. The van der Waals surface area contributed by atoms with E-state index in [0.717, 1.165) is 12.1 Å². The Bertz CT molecular complexity index is 806. The van der Waals surface area contributed by atoms with Gasteiger partial charge >= 0.3 is 5.97 Å². The summed E-state index contributed by atoms with van der Waals surface area (Å²) in [5, 5.41) is 9.96. The van der Waals surface area contributed by atoms with Crippen molar-refractivity contribution in [1.29, 1.82) is 0 Å². The van der Waals surface area contributed by atoms with Gasteiger partial charge in [0.25, 0.3) is 0 Å². The van der Waals surface area contributed by atoms with E-state index < -0.39 is 18.1 Å². The molecule has 1 amide bonds. The molecule has 2 aliphatic heterocycles. The van der Waals surface area contributed by atoms with E-state index in [4.69, 9.17) is 4.74 Å². The fourth-order valence-electron chi connectivity index (χ4n) is 4.81. The summed E-state index contributed by atoms with van der Waals surface area (Å²) in [6.07, 6.45) is 3.26. The minimum absolute atomic E-state index is 0.00951. The number of fused-ring (bicyclic) bond motifs is 3. The minimum atomic E-state index is -0.650. The molecule has 1 aromatic rings. The molecule has 0 radical (unpaired) electrons. The van der Waals surface area contributed by atoms with E-state index in [9.17, 15) is 9.59 Å². The second-order valence-corrected chi connectivity index (χ2v) is 8.84. The van der Waals surface area contributed by atoms with Gasteiger partial charge in [0, 0.05) is 11.1 Å². The number of methoxy groups -OCH3 is 1. The lowest BCUT2D eigenvalue weighted by Crippen LogP contribution is -2.52. The normalized spacial score (nSPS) is 27.2. The Hall–Kier alpha value is -2.34. The lowest BCUT2D eigenvalue weighted by Gasteiger charge is -2.42. The average molecular weight is 400 g/mol. The van der Waals surface area contributed by atoms with Crippen molar-refractivity contribution in [3.05, 3.63) is 42.5 Å². The van der Waals surface area contributed by atoms with Gasteiger partial charge in [0.05, 0.1) is 19.3 Å². The Morgan fingerprint density at radius 2 is 2.10 bits per heavy atom. The topological polar surface area (TPSA) is 79.5 Å². The summed E-state index contributed by atoms with van der Waals surface area (Å²) in [5.74, 6) is -0.589. The van der Waals surface area contributed by atoms with Crippen molar-refractivity contribution >= 4 is 17.6 Å². The van der Waals surface area contributed by atoms with Gasteiger partial charge in [0.15, 0.2) is 0 Å². The van der Waals surface area contributed by atoms with Crippen LogP contribution in [-0.2, 0) is 19.7 Å². The van der Waals surface area contributed by atoms with E-state index in [2.05, 4.69) is 48.5 Å². The number of hydrogen-bond donors (Lipinski definition) is 3. The van der Waals surface area contributed by atoms with Crippen LogP contribution in [0.4, 0.5) is 5.69 Å². The first-order chi connectivity index (χ1) is 13.7. The lowest BCUT2D eigenvalue weighted by atomic mass is 9.60. The van der Waals surface area contributed by atoms with E-state index in [1.54, 1.807) is 0 Å². The summed E-state index contributed by atoms with van der Waals surface area (Å²) in [6.45, 7) is 12.3.